The average Bonchev–Trinajstić information content (AvgIpc) is 2.26. The molecule has 88 valence electrons. The number of hydrogen-bond acceptors (Lipinski definition) is 3. The summed E-state index contributed by atoms with van der Waals surface area (Å²) in [4.78, 5) is 12.1. The van der Waals surface area contributed by atoms with Gasteiger partial charge in [0.1, 0.15) is 0 Å². The highest BCUT2D eigenvalue weighted by molar-refractivity contribution is 9.12. The van der Waals surface area contributed by atoms with E-state index in [1.807, 2.05) is 0 Å². The summed E-state index contributed by atoms with van der Waals surface area (Å²) in [6.07, 6.45) is 1.26. The van der Waals surface area contributed by atoms with E-state index in [-0.39, 0.29) is 6.42 Å². The Kier molecular flexibility index (Phi) is 3.91. The highest BCUT2D eigenvalue weighted by Gasteiger charge is 2.44. The molecule has 1 atom stereocenters. The number of hydrogen-bond donors (Lipinski definition) is 0. The predicted octanol–water partition coefficient (Wildman–Crippen LogP) is 2.42. The van der Waals surface area contributed by atoms with Crippen molar-refractivity contribution in [1.29, 1.82) is 0 Å². The van der Waals surface area contributed by atoms with Crippen molar-refractivity contribution in [2.45, 2.75) is 17.0 Å². The first-order valence-electron chi connectivity index (χ1n) is 4.81. The van der Waals surface area contributed by atoms with E-state index < -0.39 is 19.3 Å². The topological polar surface area (TPSA) is 51.2 Å². The molecule has 0 aromatic heterocycles. The van der Waals surface area contributed by atoms with E-state index in [1.54, 1.807) is 37.3 Å². The smallest absolute Gasteiger partial charge is 0.194 e. The summed E-state index contributed by atoms with van der Waals surface area (Å²) >= 11 is 3.07. The molecule has 1 aromatic rings. The molecule has 0 N–H and O–H groups in total. The van der Waals surface area contributed by atoms with Crippen molar-refractivity contribution in [2.75, 3.05) is 6.26 Å². The lowest BCUT2D eigenvalue weighted by Gasteiger charge is -2.22. The molecule has 0 aliphatic heterocycles. The molecule has 0 saturated carbocycles. The van der Waals surface area contributed by atoms with Gasteiger partial charge in [0.15, 0.2) is 19.3 Å². The number of halogens is 1. The van der Waals surface area contributed by atoms with Crippen molar-refractivity contribution in [1.82, 2.24) is 0 Å². The number of carbonyl (C=O) groups is 1. The van der Waals surface area contributed by atoms with E-state index in [0.29, 0.717) is 5.56 Å². The minimum atomic E-state index is -3.49. The van der Waals surface area contributed by atoms with Crippen molar-refractivity contribution in [2.24, 2.45) is 0 Å². The molecule has 3 nitrogen and oxygen atoms in total. The summed E-state index contributed by atoms with van der Waals surface area (Å²) in [5.74, 6) is -0.418. The van der Waals surface area contributed by atoms with Gasteiger partial charge in [-0.2, -0.15) is 0 Å². The van der Waals surface area contributed by atoms with Gasteiger partial charge in [-0.3, -0.25) is 4.79 Å². The molecule has 0 saturated heterocycles. The molecule has 0 aliphatic carbocycles. The van der Waals surface area contributed by atoms with Crippen LogP contribution < -0.4 is 0 Å². The first-order chi connectivity index (χ1) is 7.33. The van der Waals surface area contributed by atoms with Crippen molar-refractivity contribution >= 4 is 31.6 Å². The third-order valence-corrected chi connectivity index (χ3v) is 6.75. The summed E-state index contributed by atoms with van der Waals surface area (Å²) in [5, 5.41) is 0. The van der Waals surface area contributed by atoms with E-state index >= 15 is 0 Å². The molecule has 0 aliphatic rings. The molecule has 5 heteroatoms. The van der Waals surface area contributed by atoms with Crippen LogP contribution in [0.3, 0.4) is 0 Å². The molecule has 0 spiro atoms. The third-order valence-electron chi connectivity index (χ3n) is 2.42. The maximum absolute atomic E-state index is 12.1. The van der Waals surface area contributed by atoms with Crippen LogP contribution in [0.25, 0.3) is 0 Å². The van der Waals surface area contributed by atoms with Crippen LogP contribution in [0.2, 0.25) is 0 Å². The molecule has 1 aromatic carbocycles. The largest absolute Gasteiger partial charge is 0.291 e. The van der Waals surface area contributed by atoms with Gasteiger partial charge in [-0.25, -0.2) is 8.42 Å². The monoisotopic (exact) mass is 304 g/mol. The molecule has 16 heavy (non-hydrogen) atoms. The minimum absolute atomic E-state index is 0.194. The molecular formula is C11H13BrO3S. The normalized spacial score (nSPS) is 15.4. The van der Waals surface area contributed by atoms with E-state index in [9.17, 15) is 13.2 Å². The van der Waals surface area contributed by atoms with E-state index in [0.717, 1.165) is 6.26 Å². The lowest BCUT2D eigenvalue weighted by atomic mass is 10.1. The maximum Gasteiger partial charge on any atom is 0.194 e. The second kappa shape index (κ2) is 4.67. The van der Waals surface area contributed by atoms with Gasteiger partial charge in [0, 0.05) is 11.8 Å². The number of alkyl halides is 1. The Balaban J connectivity index is 3.24. The Bertz CT molecular complexity index is 481. The second-order valence-electron chi connectivity index (χ2n) is 3.55. The van der Waals surface area contributed by atoms with Gasteiger partial charge in [0.05, 0.1) is 0 Å². The highest BCUT2D eigenvalue weighted by Crippen LogP contribution is 2.32. The Morgan fingerprint density at radius 1 is 1.31 bits per heavy atom. The number of sulfone groups is 1. The molecule has 0 radical (unpaired) electrons. The van der Waals surface area contributed by atoms with Crippen LogP contribution in [-0.2, 0) is 9.84 Å². The quantitative estimate of drug-likeness (QED) is 0.634. The highest BCUT2D eigenvalue weighted by atomic mass is 79.9. The van der Waals surface area contributed by atoms with E-state index in [4.69, 9.17) is 0 Å². The van der Waals surface area contributed by atoms with Crippen LogP contribution >= 0.6 is 15.9 Å². The van der Waals surface area contributed by atoms with Gasteiger partial charge in [-0.15, -0.1) is 0 Å². The SMILES string of the molecule is CC[C@@](Br)(C(=O)c1ccccc1)S(C)(=O)=O. The number of benzene rings is 1. The number of carbonyl (C=O) groups excluding carboxylic acids is 1. The maximum atomic E-state index is 12.1. The van der Waals surface area contributed by atoms with Gasteiger partial charge in [0.25, 0.3) is 0 Å². The zero-order valence-electron chi connectivity index (χ0n) is 9.10. The first kappa shape index (κ1) is 13.4. The molecule has 0 amide bonds. The fourth-order valence-electron chi connectivity index (χ4n) is 1.40. The Morgan fingerprint density at radius 3 is 2.19 bits per heavy atom. The summed E-state index contributed by atoms with van der Waals surface area (Å²) in [5.41, 5.74) is 0.395. The summed E-state index contributed by atoms with van der Waals surface area (Å²) in [6.45, 7) is 1.66. The van der Waals surface area contributed by atoms with Gasteiger partial charge < -0.3 is 0 Å². The fourth-order valence-corrected chi connectivity index (χ4v) is 2.60. The van der Waals surface area contributed by atoms with Crippen molar-refractivity contribution in [3.8, 4) is 0 Å². The molecule has 1 rings (SSSR count). The fraction of sp³-hybridized carbons (Fsp3) is 0.364. The van der Waals surface area contributed by atoms with Gasteiger partial charge in [-0.1, -0.05) is 53.2 Å². The standard InChI is InChI=1S/C11H13BrO3S/c1-3-11(12,16(2,14)15)10(13)9-7-5-4-6-8-9/h4-8H,3H2,1-2H3/t11-/m0/s1. The zero-order chi connectivity index (χ0) is 12.4. The van der Waals surface area contributed by atoms with Gasteiger partial charge >= 0.3 is 0 Å². The Labute approximate surface area is 104 Å². The van der Waals surface area contributed by atoms with Crippen LogP contribution in [0.4, 0.5) is 0 Å². The van der Waals surface area contributed by atoms with Gasteiger partial charge in [0.2, 0.25) is 0 Å². The van der Waals surface area contributed by atoms with Crippen molar-refractivity contribution < 1.29 is 13.2 Å². The van der Waals surface area contributed by atoms with E-state index in [2.05, 4.69) is 15.9 Å². The zero-order valence-corrected chi connectivity index (χ0v) is 11.5. The summed E-state index contributed by atoms with van der Waals surface area (Å²) in [6, 6.07) is 8.41. The average molecular weight is 305 g/mol. The molecule has 0 unspecified atom stereocenters. The molecule has 0 heterocycles. The second-order valence-corrected chi connectivity index (χ2v) is 7.67. The third kappa shape index (κ3) is 2.35. The Morgan fingerprint density at radius 2 is 1.81 bits per heavy atom. The van der Waals surface area contributed by atoms with Crippen LogP contribution in [0.1, 0.15) is 23.7 Å². The first-order valence-corrected chi connectivity index (χ1v) is 7.49. The van der Waals surface area contributed by atoms with Crippen molar-refractivity contribution in [3.05, 3.63) is 35.9 Å². The lowest BCUT2D eigenvalue weighted by molar-refractivity contribution is 0.0976. The minimum Gasteiger partial charge on any atom is -0.291 e. The number of ketones is 1. The van der Waals surface area contributed by atoms with E-state index in [1.165, 1.54) is 0 Å². The Hall–Kier alpha value is -0.680. The summed E-state index contributed by atoms with van der Waals surface area (Å²) in [7, 11) is -3.49. The lowest BCUT2D eigenvalue weighted by Crippen LogP contribution is -2.39. The van der Waals surface area contributed by atoms with Crippen molar-refractivity contribution in [3.63, 3.8) is 0 Å². The number of Topliss-reactive ketones (excluding diaryl/α,β-unsaturated/α-hetero) is 1. The molecular weight excluding hydrogens is 292 g/mol. The molecule has 0 fully saturated rings. The van der Waals surface area contributed by atoms with Crippen LogP contribution in [0.5, 0.6) is 0 Å². The summed E-state index contributed by atoms with van der Waals surface area (Å²) < 4.78 is 21.8. The number of rotatable bonds is 4. The molecule has 0 bridgehead atoms. The van der Waals surface area contributed by atoms with Gasteiger partial charge in [-0.05, 0) is 6.42 Å². The predicted molar refractivity (Wildman–Crippen MR) is 67.6 cm³/mol. The van der Waals surface area contributed by atoms with Crippen LogP contribution in [0.15, 0.2) is 30.3 Å². The van der Waals surface area contributed by atoms with Crippen LogP contribution in [-0.4, -0.2) is 24.1 Å². The van der Waals surface area contributed by atoms with Crippen LogP contribution in [0, 0.1) is 0 Å².